The first kappa shape index (κ1) is 23.2. The molecule has 2 N–H and O–H groups in total. The van der Waals surface area contributed by atoms with Crippen molar-refractivity contribution in [2.75, 3.05) is 41.3 Å². The number of methoxy groups -OCH3 is 1. The van der Waals surface area contributed by atoms with Gasteiger partial charge in [-0.05, 0) is 31.6 Å². The van der Waals surface area contributed by atoms with E-state index in [4.69, 9.17) is 9.15 Å². The Kier molecular flexibility index (Phi) is 10.6. The Hall–Kier alpha value is -0.800. The van der Waals surface area contributed by atoms with E-state index in [1.807, 2.05) is 26.2 Å². The number of hydrogen-bond acceptors (Lipinski definition) is 4. The molecule has 2 unspecified atom stereocenters. The minimum atomic E-state index is 0. The molecule has 24 heavy (non-hydrogen) atoms. The predicted octanol–water partition coefficient (Wildman–Crippen LogP) is 2.73. The van der Waals surface area contributed by atoms with Crippen LogP contribution in [0.3, 0.4) is 0 Å². The maximum absolute atomic E-state index is 5.56. The molecule has 6 nitrogen and oxygen atoms in total. The standard InChI is InChI=1S/C17H32N4O2.HI/c1-17(2,3)15(22-7)12-20-16(18-4)19-11-13(21(5)6)14-9-8-10-23-14;/h8-10,13,15H,11-12H2,1-7H3,(H2,18,19,20);1H. The van der Waals surface area contributed by atoms with Gasteiger partial charge in [-0.3, -0.25) is 9.89 Å². The summed E-state index contributed by atoms with van der Waals surface area (Å²) in [5.74, 6) is 1.69. The van der Waals surface area contributed by atoms with Crippen LogP contribution in [0.2, 0.25) is 0 Å². The van der Waals surface area contributed by atoms with Gasteiger partial charge in [0, 0.05) is 27.2 Å². The van der Waals surface area contributed by atoms with Crippen molar-refractivity contribution in [3.63, 3.8) is 0 Å². The molecule has 1 heterocycles. The highest BCUT2D eigenvalue weighted by molar-refractivity contribution is 14.0. The Bertz CT molecular complexity index is 469. The molecule has 0 bridgehead atoms. The molecule has 0 aromatic carbocycles. The van der Waals surface area contributed by atoms with Crippen LogP contribution < -0.4 is 10.6 Å². The summed E-state index contributed by atoms with van der Waals surface area (Å²) in [7, 11) is 7.58. The molecule has 1 aromatic rings. The van der Waals surface area contributed by atoms with Crippen LogP contribution in [0.1, 0.15) is 32.6 Å². The van der Waals surface area contributed by atoms with E-state index in [-0.39, 0.29) is 41.5 Å². The first-order valence-electron chi connectivity index (χ1n) is 7.96. The molecule has 0 amide bonds. The average molecular weight is 452 g/mol. The van der Waals surface area contributed by atoms with E-state index in [9.17, 15) is 0 Å². The van der Waals surface area contributed by atoms with Crippen molar-refractivity contribution in [1.82, 2.24) is 15.5 Å². The van der Waals surface area contributed by atoms with E-state index in [1.165, 1.54) is 0 Å². The van der Waals surface area contributed by atoms with Crippen molar-refractivity contribution in [2.24, 2.45) is 10.4 Å². The molecule has 0 saturated carbocycles. The molecule has 0 radical (unpaired) electrons. The molecule has 0 fully saturated rings. The van der Waals surface area contributed by atoms with E-state index in [1.54, 1.807) is 20.4 Å². The van der Waals surface area contributed by atoms with Gasteiger partial charge >= 0.3 is 0 Å². The smallest absolute Gasteiger partial charge is 0.191 e. The van der Waals surface area contributed by atoms with Gasteiger partial charge in [0.2, 0.25) is 0 Å². The fraction of sp³-hybridized carbons (Fsp3) is 0.706. The summed E-state index contributed by atoms with van der Waals surface area (Å²) in [6.45, 7) is 7.90. The summed E-state index contributed by atoms with van der Waals surface area (Å²) in [6.07, 6.45) is 1.81. The Morgan fingerprint density at radius 3 is 2.33 bits per heavy atom. The van der Waals surface area contributed by atoms with Crippen LogP contribution in [0, 0.1) is 5.41 Å². The topological polar surface area (TPSA) is 62.0 Å². The third-order valence-corrected chi connectivity index (χ3v) is 3.89. The first-order chi connectivity index (χ1) is 10.8. The zero-order valence-electron chi connectivity index (χ0n) is 15.9. The van der Waals surface area contributed by atoms with Crippen LogP contribution >= 0.6 is 24.0 Å². The Balaban J connectivity index is 0.00000529. The van der Waals surface area contributed by atoms with Gasteiger partial charge in [0.05, 0.1) is 18.4 Å². The molecule has 0 aliphatic rings. The summed E-state index contributed by atoms with van der Waals surface area (Å²) < 4.78 is 11.1. The lowest BCUT2D eigenvalue weighted by molar-refractivity contribution is 0.0205. The van der Waals surface area contributed by atoms with Crippen molar-refractivity contribution in [1.29, 1.82) is 0 Å². The lowest BCUT2D eigenvalue weighted by Crippen LogP contribution is -2.46. The Labute approximate surface area is 163 Å². The summed E-state index contributed by atoms with van der Waals surface area (Å²) >= 11 is 0. The summed E-state index contributed by atoms with van der Waals surface area (Å²) in [4.78, 5) is 6.40. The number of halogens is 1. The van der Waals surface area contributed by atoms with Gasteiger partial charge in [-0.1, -0.05) is 20.8 Å². The number of likely N-dealkylation sites (N-methyl/N-ethyl adjacent to an activating group) is 1. The zero-order valence-corrected chi connectivity index (χ0v) is 18.3. The van der Waals surface area contributed by atoms with E-state index in [0.717, 1.165) is 11.7 Å². The van der Waals surface area contributed by atoms with Crippen LogP contribution in [0.5, 0.6) is 0 Å². The van der Waals surface area contributed by atoms with Gasteiger partial charge in [0.1, 0.15) is 5.76 Å². The van der Waals surface area contributed by atoms with E-state index in [2.05, 4.69) is 41.3 Å². The van der Waals surface area contributed by atoms with Crippen LogP contribution in [0.15, 0.2) is 27.8 Å². The molecule has 0 saturated heterocycles. The summed E-state index contributed by atoms with van der Waals surface area (Å²) in [5.41, 5.74) is 0.0704. The van der Waals surface area contributed by atoms with Crippen LogP contribution in [-0.4, -0.2) is 58.3 Å². The highest BCUT2D eigenvalue weighted by atomic mass is 127. The molecule has 0 spiro atoms. The number of furan rings is 1. The first-order valence-corrected chi connectivity index (χ1v) is 7.96. The van der Waals surface area contributed by atoms with Gasteiger partial charge < -0.3 is 19.8 Å². The van der Waals surface area contributed by atoms with Gasteiger partial charge in [0.25, 0.3) is 0 Å². The minimum Gasteiger partial charge on any atom is -0.468 e. The van der Waals surface area contributed by atoms with E-state index >= 15 is 0 Å². The van der Waals surface area contributed by atoms with Crippen molar-refractivity contribution in [3.05, 3.63) is 24.2 Å². The molecule has 0 aliphatic heterocycles. The van der Waals surface area contributed by atoms with Crippen molar-refractivity contribution in [2.45, 2.75) is 32.9 Å². The molecule has 140 valence electrons. The largest absolute Gasteiger partial charge is 0.468 e. The third-order valence-electron chi connectivity index (χ3n) is 3.89. The van der Waals surface area contributed by atoms with Crippen LogP contribution in [0.4, 0.5) is 0 Å². The lowest BCUT2D eigenvalue weighted by Gasteiger charge is -2.30. The van der Waals surface area contributed by atoms with Gasteiger partial charge in [-0.15, -0.1) is 24.0 Å². The fourth-order valence-electron chi connectivity index (χ4n) is 2.36. The average Bonchev–Trinajstić information content (AvgIpc) is 2.98. The number of rotatable bonds is 7. The van der Waals surface area contributed by atoms with Gasteiger partial charge in [0.15, 0.2) is 5.96 Å². The number of nitrogens with zero attached hydrogens (tertiary/aromatic N) is 2. The van der Waals surface area contributed by atoms with Crippen LogP contribution in [-0.2, 0) is 4.74 Å². The monoisotopic (exact) mass is 452 g/mol. The van der Waals surface area contributed by atoms with Crippen molar-refractivity contribution in [3.8, 4) is 0 Å². The Morgan fingerprint density at radius 2 is 1.92 bits per heavy atom. The van der Waals surface area contributed by atoms with Crippen molar-refractivity contribution >= 4 is 29.9 Å². The molecule has 2 atom stereocenters. The number of hydrogen-bond donors (Lipinski definition) is 2. The van der Waals surface area contributed by atoms with E-state index < -0.39 is 0 Å². The van der Waals surface area contributed by atoms with Crippen molar-refractivity contribution < 1.29 is 9.15 Å². The molecule has 0 aliphatic carbocycles. The molecule has 1 aromatic heterocycles. The molecule has 1 rings (SSSR count). The van der Waals surface area contributed by atoms with Gasteiger partial charge in [-0.25, -0.2) is 0 Å². The second kappa shape index (κ2) is 10.9. The third kappa shape index (κ3) is 7.40. The van der Waals surface area contributed by atoms with E-state index in [0.29, 0.717) is 13.1 Å². The lowest BCUT2D eigenvalue weighted by atomic mass is 9.89. The molecular formula is C17H33IN4O2. The number of nitrogens with one attached hydrogen (secondary N) is 2. The number of guanidine groups is 1. The normalized spacial score (nSPS) is 14.9. The highest BCUT2D eigenvalue weighted by Gasteiger charge is 2.24. The minimum absolute atomic E-state index is 0. The summed E-state index contributed by atoms with van der Waals surface area (Å²) in [5, 5.41) is 6.68. The molecular weight excluding hydrogens is 419 g/mol. The number of aliphatic imine (C=N–C) groups is 1. The highest BCUT2D eigenvalue weighted by Crippen LogP contribution is 2.21. The zero-order chi connectivity index (χ0) is 17.5. The second-order valence-electron chi connectivity index (χ2n) is 6.92. The predicted molar refractivity (Wildman–Crippen MR) is 110 cm³/mol. The van der Waals surface area contributed by atoms with Gasteiger partial charge in [-0.2, -0.15) is 0 Å². The Morgan fingerprint density at radius 1 is 1.29 bits per heavy atom. The maximum Gasteiger partial charge on any atom is 0.191 e. The fourth-order valence-corrected chi connectivity index (χ4v) is 2.36. The summed E-state index contributed by atoms with van der Waals surface area (Å²) in [6, 6.07) is 4.04. The van der Waals surface area contributed by atoms with Crippen LogP contribution in [0.25, 0.3) is 0 Å². The maximum atomic E-state index is 5.56. The molecule has 7 heteroatoms. The number of ether oxygens (including phenoxy) is 1. The quantitative estimate of drug-likeness (QED) is 0.379. The SMILES string of the molecule is CN=C(NCC(c1ccco1)N(C)C)NCC(OC)C(C)(C)C.I. The second-order valence-corrected chi connectivity index (χ2v) is 6.92.